The Hall–Kier alpha value is -3.42. The van der Waals surface area contributed by atoms with Gasteiger partial charge in [-0.2, -0.15) is 4.31 Å². The van der Waals surface area contributed by atoms with Crippen molar-refractivity contribution in [1.29, 1.82) is 0 Å². The van der Waals surface area contributed by atoms with Gasteiger partial charge in [-0.05, 0) is 75.6 Å². The summed E-state index contributed by atoms with van der Waals surface area (Å²) in [6.45, 7) is 10.7. The van der Waals surface area contributed by atoms with Crippen LogP contribution in [0.3, 0.4) is 0 Å². The van der Waals surface area contributed by atoms with Crippen LogP contribution in [0.15, 0.2) is 44.4 Å². The molecular formula is C28H35ClFN5O6S. The van der Waals surface area contributed by atoms with Crippen molar-refractivity contribution in [3.05, 3.63) is 74.3 Å². The second kappa shape index (κ2) is 11.7. The van der Waals surface area contributed by atoms with E-state index in [0.717, 1.165) is 9.87 Å². The van der Waals surface area contributed by atoms with E-state index in [4.69, 9.17) is 20.8 Å². The lowest BCUT2D eigenvalue weighted by Gasteiger charge is -2.42. The topological polar surface area (TPSA) is 129 Å². The second-order valence-corrected chi connectivity index (χ2v) is 13.7. The summed E-state index contributed by atoms with van der Waals surface area (Å²) in [5.74, 6) is -2.43. The highest BCUT2D eigenvalue weighted by molar-refractivity contribution is 7.89. The van der Waals surface area contributed by atoms with Gasteiger partial charge in [-0.15, -0.1) is 5.10 Å². The van der Waals surface area contributed by atoms with E-state index in [1.807, 2.05) is 6.92 Å². The Kier molecular flexibility index (Phi) is 8.77. The van der Waals surface area contributed by atoms with Gasteiger partial charge in [0.1, 0.15) is 22.4 Å². The first-order valence-corrected chi connectivity index (χ1v) is 15.1. The molecule has 2 heterocycles. The van der Waals surface area contributed by atoms with E-state index in [-0.39, 0.29) is 36.1 Å². The molecule has 1 aliphatic rings. The summed E-state index contributed by atoms with van der Waals surface area (Å²) >= 11 is 6.27. The first kappa shape index (κ1) is 31.5. The number of anilines is 1. The fourth-order valence-corrected chi connectivity index (χ4v) is 6.98. The number of hydrogen-bond donors (Lipinski definition) is 1. The van der Waals surface area contributed by atoms with Crippen molar-refractivity contribution in [3.63, 3.8) is 0 Å². The third-order valence-electron chi connectivity index (χ3n) is 7.25. The van der Waals surface area contributed by atoms with Crippen LogP contribution in [-0.4, -0.2) is 66.3 Å². The zero-order valence-corrected chi connectivity index (χ0v) is 26.1. The number of aromatic nitrogens is 2. The highest BCUT2D eigenvalue weighted by Gasteiger charge is 2.45. The summed E-state index contributed by atoms with van der Waals surface area (Å²) in [5.41, 5.74) is 1.38. The predicted octanol–water partition coefficient (Wildman–Crippen LogP) is 4.95. The average molecular weight is 624 g/mol. The molecule has 11 nitrogen and oxygen atoms in total. The lowest BCUT2D eigenvalue weighted by molar-refractivity contribution is 0.0302. The Bertz CT molecular complexity index is 1650. The maximum absolute atomic E-state index is 15.3. The largest absolute Gasteiger partial charge is 0.444 e. The van der Waals surface area contributed by atoms with Crippen molar-refractivity contribution in [2.45, 2.75) is 64.0 Å². The predicted molar refractivity (Wildman–Crippen MR) is 156 cm³/mol. The van der Waals surface area contributed by atoms with E-state index >= 15 is 4.39 Å². The number of H-pyrrole nitrogens is 1. The standard InChI is InChI=1S/C28H35ClFN5O6S/c1-16-8-10-20(30)23(17(16)2)18(3)24(25-31-32-26(36)40-25)35-15-34(13-12-33(7)27(37)41-28(4,5)6)21-14-19(29)9-11-22(21)42(35,38)39/h8-11,14,18,24H,12-13,15H2,1-7H3,(H,32,36)/t18-,24+/m1/s1. The number of sulfonamides is 1. The van der Waals surface area contributed by atoms with Crippen molar-refractivity contribution in [1.82, 2.24) is 19.4 Å². The van der Waals surface area contributed by atoms with Gasteiger partial charge in [0.15, 0.2) is 0 Å². The molecule has 1 aromatic heterocycles. The number of likely N-dealkylation sites (N-methyl/N-ethyl adjacent to an activating group) is 1. The van der Waals surface area contributed by atoms with Crippen molar-refractivity contribution < 1.29 is 26.8 Å². The Balaban J connectivity index is 1.80. The van der Waals surface area contributed by atoms with Crippen LogP contribution in [0.25, 0.3) is 0 Å². The molecule has 3 aromatic rings. The van der Waals surface area contributed by atoms with Gasteiger partial charge in [-0.25, -0.2) is 27.5 Å². The number of aromatic amines is 1. The molecule has 1 aliphatic heterocycles. The molecule has 228 valence electrons. The number of nitrogens with zero attached hydrogens (tertiary/aromatic N) is 4. The van der Waals surface area contributed by atoms with E-state index in [1.165, 1.54) is 29.2 Å². The number of carbonyl (C=O) groups is 1. The summed E-state index contributed by atoms with van der Waals surface area (Å²) in [5, 5.41) is 6.49. The Morgan fingerprint density at radius 2 is 1.95 bits per heavy atom. The van der Waals surface area contributed by atoms with Crippen LogP contribution >= 0.6 is 11.6 Å². The molecule has 0 spiro atoms. The number of amides is 1. The van der Waals surface area contributed by atoms with E-state index in [9.17, 15) is 18.0 Å². The van der Waals surface area contributed by atoms with Crippen molar-refractivity contribution >= 4 is 33.4 Å². The lowest BCUT2D eigenvalue weighted by Crippen LogP contribution is -2.51. The first-order valence-electron chi connectivity index (χ1n) is 13.3. The monoisotopic (exact) mass is 623 g/mol. The molecule has 0 unspecified atom stereocenters. The van der Waals surface area contributed by atoms with Crippen molar-refractivity contribution in [3.8, 4) is 0 Å². The molecule has 0 saturated heterocycles. The molecule has 0 fully saturated rings. The van der Waals surface area contributed by atoms with Crippen LogP contribution in [0.5, 0.6) is 0 Å². The first-order chi connectivity index (χ1) is 19.5. The van der Waals surface area contributed by atoms with E-state index < -0.39 is 45.3 Å². The van der Waals surface area contributed by atoms with Gasteiger partial charge in [0, 0.05) is 31.1 Å². The number of benzene rings is 2. The normalized spacial score (nSPS) is 16.5. The molecule has 4 rings (SSSR count). The molecule has 2 aromatic carbocycles. The third kappa shape index (κ3) is 6.32. The summed E-state index contributed by atoms with van der Waals surface area (Å²) in [6.07, 6.45) is -0.537. The number of aryl methyl sites for hydroxylation is 1. The SMILES string of the molecule is Cc1ccc(F)c([C@@H](C)[C@@H](c2n[nH]c(=O)o2)N2CN(CCN(C)C(=O)OC(C)(C)C)c3cc(Cl)ccc3S2(=O)=O)c1C. The van der Waals surface area contributed by atoms with Crippen LogP contribution in [0.1, 0.15) is 62.2 Å². The number of rotatable bonds is 7. The van der Waals surface area contributed by atoms with Crippen molar-refractivity contribution in [2.75, 3.05) is 31.7 Å². The zero-order valence-electron chi connectivity index (χ0n) is 24.6. The lowest BCUT2D eigenvalue weighted by atomic mass is 9.87. The molecule has 0 bridgehead atoms. The summed E-state index contributed by atoms with van der Waals surface area (Å²) in [6, 6.07) is 6.15. The molecule has 2 atom stereocenters. The van der Waals surface area contributed by atoms with E-state index in [0.29, 0.717) is 16.3 Å². The molecular weight excluding hydrogens is 589 g/mol. The molecule has 14 heteroatoms. The minimum atomic E-state index is -4.25. The second-order valence-electron chi connectivity index (χ2n) is 11.4. The van der Waals surface area contributed by atoms with Crippen LogP contribution in [0.4, 0.5) is 14.9 Å². The average Bonchev–Trinajstić information content (AvgIpc) is 3.31. The third-order valence-corrected chi connectivity index (χ3v) is 9.34. The van der Waals surface area contributed by atoms with Gasteiger partial charge in [-0.3, -0.25) is 0 Å². The zero-order chi connectivity index (χ0) is 31.1. The quantitative estimate of drug-likeness (QED) is 0.391. The fourth-order valence-electron chi connectivity index (χ4n) is 5.01. The number of fused-ring (bicyclic) bond motifs is 1. The van der Waals surface area contributed by atoms with Gasteiger partial charge >= 0.3 is 11.8 Å². The van der Waals surface area contributed by atoms with E-state index in [1.54, 1.807) is 52.6 Å². The molecule has 1 N–H and O–H groups in total. The van der Waals surface area contributed by atoms with Crippen LogP contribution in [0, 0.1) is 19.7 Å². The summed E-state index contributed by atoms with van der Waals surface area (Å²) in [7, 11) is -2.67. The molecule has 0 saturated carbocycles. The summed E-state index contributed by atoms with van der Waals surface area (Å²) in [4.78, 5) is 27.7. The molecule has 1 amide bonds. The maximum Gasteiger partial charge on any atom is 0.434 e. The number of hydrogen-bond acceptors (Lipinski definition) is 8. The number of halogens is 2. The van der Waals surface area contributed by atoms with Crippen LogP contribution in [0.2, 0.25) is 5.02 Å². The highest BCUT2D eigenvalue weighted by Crippen LogP contribution is 2.44. The Morgan fingerprint density at radius 1 is 1.26 bits per heavy atom. The smallest absolute Gasteiger partial charge is 0.434 e. The van der Waals surface area contributed by atoms with Crippen LogP contribution < -0.4 is 10.7 Å². The van der Waals surface area contributed by atoms with Gasteiger partial charge in [0.25, 0.3) is 0 Å². The van der Waals surface area contributed by atoms with E-state index in [2.05, 4.69) is 10.2 Å². The van der Waals surface area contributed by atoms with Gasteiger partial charge in [0.05, 0.1) is 12.4 Å². The number of ether oxygens (including phenoxy) is 1. The van der Waals surface area contributed by atoms with Gasteiger partial charge < -0.3 is 19.0 Å². The van der Waals surface area contributed by atoms with Crippen LogP contribution in [-0.2, 0) is 14.8 Å². The van der Waals surface area contributed by atoms with Gasteiger partial charge in [0.2, 0.25) is 15.9 Å². The Labute approximate surface area is 249 Å². The maximum atomic E-state index is 15.3. The minimum absolute atomic E-state index is 0.0467. The summed E-state index contributed by atoms with van der Waals surface area (Å²) < 4.78 is 55.6. The molecule has 42 heavy (non-hydrogen) atoms. The number of carbonyl (C=O) groups excluding carboxylic acids is 1. The van der Waals surface area contributed by atoms with Crippen molar-refractivity contribution in [2.24, 2.45) is 0 Å². The minimum Gasteiger partial charge on any atom is -0.444 e. The number of nitrogens with one attached hydrogen (secondary N) is 1. The van der Waals surface area contributed by atoms with Gasteiger partial charge in [-0.1, -0.05) is 24.6 Å². The Morgan fingerprint density at radius 3 is 2.57 bits per heavy atom. The fraction of sp³-hybridized carbons (Fsp3) is 0.464. The highest BCUT2D eigenvalue weighted by atomic mass is 35.5. The molecule has 0 aliphatic carbocycles. The molecule has 0 radical (unpaired) electrons.